The van der Waals surface area contributed by atoms with Crippen LogP contribution in [0.3, 0.4) is 0 Å². The van der Waals surface area contributed by atoms with E-state index in [0.717, 1.165) is 6.08 Å². The van der Waals surface area contributed by atoms with Gasteiger partial charge in [-0.2, -0.15) is 0 Å². The zero-order chi connectivity index (χ0) is 11.3. The van der Waals surface area contributed by atoms with E-state index in [1.54, 1.807) is 6.07 Å². The van der Waals surface area contributed by atoms with Gasteiger partial charge >= 0.3 is 0 Å². The quantitative estimate of drug-likeness (QED) is 0.336. The summed E-state index contributed by atoms with van der Waals surface area (Å²) in [6.07, 6.45) is 1.61. The van der Waals surface area contributed by atoms with Gasteiger partial charge in [0.25, 0.3) is 0 Å². The van der Waals surface area contributed by atoms with Crippen molar-refractivity contribution in [1.82, 2.24) is 5.32 Å². The number of aromatic hydroxyl groups is 2. The van der Waals surface area contributed by atoms with Crippen LogP contribution in [0.5, 0.6) is 11.5 Å². The van der Waals surface area contributed by atoms with Crippen LogP contribution in [0, 0.1) is 0 Å². The average Bonchev–Trinajstić information content (AvgIpc) is 2.20. The summed E-state index contributed by atoms with van der Waals surface area (Å²) < 4.78 is 0. The molecule has 0 heterocycles. The van der Waals surface area contributed by atoms with Crippen LogP contribution in [0.2, 0.25) is 0 Å². The molecule has 0 saturated carbocycles. The molecule has 0 fully saturated rings. The lowest BCUT2D eigenvalue weighted by Gasteiger charge is -2.03. The second kappa shape index (κ2) is 4.90. The third-order valence-corrected chi connectivity index (χ3v) is 1.73. The molecule has 4 N–H and O–H groups in total. The molecule has 1 amide bonds. The highest BCUT2D eigenvalue weighted by Gasteiger charge is 2.01. The first kappa shape index (κ1) is 10.9. The van der Waals surface area contributed by atoms with Crippen molar-refractivity contribution in [1.29, 1.82) is 0 Å². The summed E-state index contributed by atoms with van der Waals surface area (Å²) >= 11 is 0. The minimum Gasteiger partial charge on any atom is -0.515 e. The topological polar surface area (TPSA) is 89.8 Å². The van der Waals surface area contributed by atoms with E-state index in [1.165, 1.54) is 12.1 Å². The lowest BCUT2D eigenvalue weighted by molar-refractivity contribution is -0.116. The van der Waals surface area contributed by atoms with Crippen molar-refractivity contribution in [2.75, 3.05) is 0 Å². The van der Waals surface area contributed by atoms with E-state index in [0.29, 0.717) is 11.8 Å². The monoisotopic (exact) mass is 209 g/mol. The van der Waals surface area contributed by atoms with Crippen molar-refractivity contribution in [2.24, 2.45) is 0 Å². The number of phenols is 2. The number of aliphatic hydroxyl groups excluding tert-OH is 1. The summed E-state index contributed by atoms with van der Waals surface area (Å²) in [5, 5.41) is 28.9. The molecular formula is C10H11NO4. The van der Waals surface area contributed by atoms with Crippen LogP contribution in [-0.2, 0) is 11.3 Å². The number of carbonyl (C=O) groups is 1. The molecule has 1 aromatic carbocycles. The summed E-state index contributed by atoms with van der Waals surface area (Å²) in [5.74, 6) is -0.884. The molecule has 1 aromatic rings. The molecule has 0 aromatic heterocycles. The predicted octanol–water partition coefficient (Wildman–Crippen LogP) is 0.786. The van der Waals surface area contributed by atoms with E-state index in [-0.39, 0.29) is 18.0 Å². The van der Waals surface area contributed by atoms with Gasteiger partial charge in [0.1, 0.15) is 0 Å². The van der Waals surface area contributed by atoms with Gasteiger partial charge in [-0.1, -0.05) is 6.07 Å². The van der Waals surface area contributed by atoms with Gasteiger partial charge in [-0.25, -0.2) is 0 Å². The smallest absolute Gasteiger partial charge is 0.247 e. The number of rotatable bonds is 3. The van der Waals surface area contributed by atoms with E-state index in [1.807, 2.05) is 0 Å². The Balaban J connectivity index is 2.58. The number of hydrogen-bond donors (Lipinski definition) is 4. The number of carbonyl (C=O) groups excluding carboxylic acids is 1. The molecule has 5 heteroatoms. The van der Waals surface area contributed by atoms with E-state index in [2.05, 4.69) is 5.32 Å². The number of benzene rings is 1. The third-order valence-electron chi connectivity index (χ3n) is 1.73. The van der Waals surface area contributed by atoms with Crippen LogP contribution in [0.4, 0.5) is 0 Å². The van der Waals surface area contributed by atoms with Crippen LogP contribution >= 0.6 is 0 Å². The first-order valence-electron chi connectivity index (χ1n) is 4.23. The highest BCUT2D eigenvalue weighted by atomic mass is 16.3. The Labute approximate surface area is 86.3 Å². The highest BCUT2D eigenvalue weighted by molar-refractivity contribution is 5.87. The van der Waals surface area contributed by atoms with Gasteiger partial charge in [-0.05, 0) is 17.7 Å². The largest absolute Gasteiger partial charge is 0.515 e. The fraction of sp³-hybridized carbons (Fsp3) is 0.100. The lowest BCUT2D eigenvalue weighted by atomic mass is 10.2. The molecule has 0 unspecified atom stereocenters. The molecule has 0 aliphatic heterocycles. The zero-order valence-corrected chi connectivity index (χ0v) is 7.84. The van der Waals surface area contributed by atoms with E-state index in [4.69, 9.17) is 15.3 Å². The van der Waals surface area contributed by atoms with Gasteiger partial charge < -0.3 is 20.6 Å². The van der Waals surface area contributed by atoms with Gasteiger partial charge in [-0.3, -0.25) is 4.79 Å². The highest BCUT2D eigenvalue weighted by Crippen LogP contribution is 2.24. The average molecular weight is 209 g/mol. The molecule has 0 aliphatic rings. The fourth-order valence-corrected chi connectivity index (χ4v) is 0.995. The Morgan fingerprint density at radius 3 is 2.67 bits per heavy atom. The standard InChI is InChI=1S/C10H11NO4/c12-4-3-10(15)11-6-7-1-2-8(13)9(14)5-7/h1-5,12-14H,6H2,(H,11,15). The van der Waals surface area contributed by atoms with Crippen LogP contribution in [0.25, 0.3) is 0 Å². The van der Waals surface area contributed by atoms with Gasteiger partial charge in [0, 0.05) is 12.6 Å². The number of nitrogens with one attached hydrogen (secondary N) is 1. The normalized spacial score (nSPS) is 10.4. The molecule has 15 heavy (non-hydrogen) atoms. The minimum absolute atomic E-state index is 0.205. The summed E-state index contributed by atoms with van der Waals surface area (Å²) in [5.41, 5.74) is 0.644. The first-order chi connectivity index (χ1) is 7.13. The first-order valence-corrected chi connectivity index (χ1v) is 4.23. The SMILES string of the molecule is O=C(C=CO)NCc1ccc(O)c(O)c1. The number of aliphatic hydroxyl groups is 1. The minimum atomic E-state index is -0.440. The van der Waals surface area contributed by atoms with Gasteiger partial charge in [-0.15, -0.1) is 0 Å². The number of hydrogen-bond acceptors (Lipinski definition) is 4. The summed E-state index contributed by atoms with van der Waals surface area (Å²) in [7, 11) is 0. The zero-order valence-electron chi connectivity index (χ0n) is 7.84. The molecule has 0 bridgehead atoms. The third kappa shape index (κ3) is 3.22. The van der Waals surface area contributed by atoms with Crippen molar-refractivity contribution in [2.45, 2.75) is 6.54 Å². The molecule has 0 aliphatic carbocycles. The van der Waals surface area contributed by atoms with Crippen LogP contribution in [0.1, 0.15) is 5.56 Å². The summed E-state index contributed by atoms with van der Waals surface area (Å²) in [4.78, 5) is 10.9. The molecule has 80 valence electrons. The fourth-order valence-electron chi connectivity index (χ4n) is 0.995. The predicted molar refractivity (Wildman–Crippen MR) is 53.4 cm³/mol. The summed E-state index contributed by atoms with van der Waals surface area (Å²) in [6.45, 7) is 0.205. The van der Waals surface area contributed by atoms with Gasteiger partial charge in [0.05, 0.1) is 6.26 Å². The summed E-state index contributed by atoms with van der Waals surface area (Å²) in [6, 6.07) is 4.25. The van der Waals surface area contributed by atoms with Crippen LogP contribution < -0.4 is 5.32 Å². The number of phenolic OH excluding ortho intramolecular Hbond substituents is 2. The van der Waals surface area contributed by atoms with Gasteiger partial charge in [0.15, 0.2) is 11.5 Å². The molecular weight excluding hydrogens is 198 g/mol. The van der Waals surface area contributed by atoms with Crippen molar-refractivity contribution in [3.05, 3.63) is 36.1 Å². The molecule has 1 rings (SSSR count). The molecule has 0 radical (unpaired) electrons. The van der Waals surface area contributed by atoms with E-state index in [9.17, 15) is 4.79 Å². The van der Waals surface area contributed by atoms with Crippen molar-refractivity contribution in [3.8, 4) is 11.5 Å². The maximum atomic E-state index is 10.9. The Hall–Kier alpha value is -2.17. The number of amides is 1. The molecule has 0 spiro atoms. The van der Waals surface area contributed by atoms with E-state index >= 15 is 0 Å². The maximum Gasteiger partial charge on any atom is 0.247 e. The van der Waals surface area contributed by atoms with Crippen molar-refractivity contribution >= 4 is 5.91 Å². The van der Waals surface area contributed by atoms with Crippen molar-refractivity contribution in [3.63, 3.8) is 0 Å². The Morgan fingerprint density at radius 2 is 2.07 bits per heavy atom. The van der Waals surface area contributed by atoms with Crippen molar-refractivity contribution < 1.29 is 20.1 Å². The van der Waals surface area contributed by atoms with Gasteiger partial charge in [0.2, 0.25) is 5.91 Å². The maximum absolute atomic E-state index is 10.9. The Kier molecular flexibility index (Phi) is 3.56. The molecule has 0 atom stereocenters. The second-order valence-corrected chi connectivity index (χ2v) is 2.86. The second-order valence-electron chi connectivity index (χ2n) is 2.86. The Morgan fingerprint density at radius 1 is 1.33 bits per heavy atom. The van der Waals surface area contributed by atoms with E-state index < -0.39 is 5.91 Å². The van der Waals surface area contributed by atoms with Crippen LogP contribution in [0.15, 0.2) is 30.5 Å². The van der Waals surface area contributed by atoms with Crippen LogP contribution in [-0.4, -0.2) is 21.2 Å². The lowest BCUT2D eigenvalue weighted by Crippen LogP contribution is -2.20. The molecule has 0 saturated heterocycles. The molecule has 5 nitrogen and oxygen atoms in total. The Bertz CT molecular complexity index is 387.